The fourth-order valence-electron chi connectivity index (χ4n) is 2.20. The lowest BCUT2D eigenvalue weighted by molar-refractivity contribution is 0.642. The molecule has 2 aromatic carbocycles. The third-order valence-corrected chi connectivity index (χ3v) is 3.07. The molecule has 0 radical (unpaired) electrons. The summed E-state index contributed by atoms with van der Waals surface area (Å²) in [5.41, 5.74) is 3.93. The molecule has 4 rings (SSSR count). The maximum atomic E-state index is 5.71. The number of rotatable bonds is 1. The van der Waals surface area contributed by atoms with Gasteiger partial charge in [-0.15, -0.1) is 0 Å². The minimum Gasteiger partial charge on any atom is -0.423 e. The number of aromatic nitrogens is 2. The van der Waals surface area contributed by atoms with Crippen molar-refractivity contribution >= 4 is 16.9 Å². The molecule has 0 aliphatic carbocycles. The molecule has 0 atom stereocenters. The summed E-state index contributed by atoms with van der Waals surface area (Å²) in [4.78, 5) is 4.52. The number of benzene rings is 2. The first-order valence-corrected chi connectivity index (χ1v) is 5.84. The van der Waals surface area contributed by atoms with Crippen molar-refractivity contribution < 1.29 is 4.42 Å². The standard InChI is InChI=1S/C15H10N2O/c1-2-6-11(7-3-1)12-10-17-13-8-4-5-9-14(13)18-15(17)16-12/h1-10H. The second-order valence-corrected chi connectivity index (χ2v) is 4.21. The third kappa shape index (κ3) is 1.27. The summed E-state index contributed by atoms with van der Waals surface area (Å²) in [6, 6.07) is 18.0. The number of hydrogen-bond acceptors (Lipinski definition) is 2. The van der Waals surface area contributed by atoms with Crippen molar-refractivity contribution in [3.8, 4) is 11.3 Å². The number of fused-ring (bicyclic) bond motifs is 3. The van der Waals surface area contributed by atoms with E-state index in [1.54, 1.807) is 0 Å². The van der Waals surface area contributed by atoms with Gasteiger partial charge in [0, 0.05) is 11.8 Å². The van der Waals surface area contributed by atoms with E-state index in [0.29, 0.717) is 5.84 Å². The molecule has 0 saturated carbocycles. The maximum Gasteiger partial charge on any atom is 0.307 e. The van der Waals surface area contributed by atoms with Gasteiger partial charge in [0.05, 0.1) is 11.2 Å². The average molecular weight is 234 g/mol. The number of imidazole rings is 1. The van der Waals surface area contributed by atoms with Crippen molar-refractivity contribution in [3.05, 3.63) is 60.8 Å². The van der Waals surface area contributed by atoms with Gasteiger partial charge >= 0.3 is 5.84 Å². The summed E-state index contributed by atoms with van der Waals surface area (Å²) in [5.74, 6) is 0.634. The smallest absolute Gasteiger partial charge is 0.307 e. The third-order valence-electron chi connectivity index (χ3n) is 3.07. The molecule has 2 aromatic heterocycles. The summed E-state index contributed by atoms with van der Waals surface area (Å²) in [6.07, 6.45) is 2.01. The van der Waals surface area contributed by atoms with Gasteiger partial charge in [-0.2, -0.15) is 4.98 Å². The summed E-state index contributed by atoms with van der Waals surface area (Å²) in [5, 5.41) is 0. The monoisotopic (exact) mass is 234 g/mol. The van der Waals surface area contributed by atoms with Crippen LogP contribution in [0.2, 0.25) is 0 Å². The van der Waals surface area contributed by atoms with Crippen LogP contribution in [0.1, 0.15) is 0 Å². The highest BCUT2D eigenvalue weighted by molar-refractivity contribution is 5.77. The predicted molar refractivity (Wildman–Crippen MR) is 70.4 cm³/mol. The SMILES string of the molecule is c1ccc(-c2cn3c(n2)oc2ccccc23)cc1. The van der Waals surface area contributed by atoms with Gasteiger partial charge in [-0.1, -0.05) is 42.5 Å². The maximum absolute atomic E-state index is 5.71. The summed E-state index contributed by atoms with van der Waals surface area (Å²) < 4.78 is 7.69. The topological polar surface area (TPSA) is 30.4 Å². The second kappa shape index (κ2) is 3.47. The fourth-order valence-corrected chi connectivity index (χ4v) is 2.20. The fraction of sp³-hybridized carbons (Fsp3) is 0. The van der Waals surface area contributed by atoms with Crippen molar-refractivity contribution in [1.29, 1.82) is 0 Å². The van der Waals surface area contributed by atoms with Crippen LogP contribution in [-0.2, 0) is 0 Å². The number of para-hydroxylation sites is 2. The Balaban J connectivity index is 2.00. The molecule has 0 bridgehead atoms. The van der Waals surface area contributed by atoms with E-state index in [0.717, 1.165) is 22.4 Å². The molecule has 0 N–H and O–H groups in total. The van der Waals surface area contributed by atoms with Gasteiger partial charge in [-0.25, -0.2) is 0 Å². The van der Waals surface area contributed by atoms with Gasteiger partial charge in [0.25, 0.3) is 0 Å². The summed E-state index contributed by atoms with van der Waals surface area (Å²) >= 11 is 0. The van der Waals surface area contributed by atoms with E-state index in [1.165, 1.54) is 0 Å². The van der Waals surface area contributed by atoms with E-state index in [-0.39, 0.29) is 0 Å². The van der Waals surface area contributed by atoms with E-state index < -0.39 is 0 Å². The Morgan fingerprint density at radius 1 is 0.889 bits per heavy atom. The second-order valence-electron chi connectivity index (χ2n) is 4.21. The zero-order chi connectivity index (χ0) is 11.9. The van der Waals surface area contributed by atoms with Crippen LogP contribution >= 0.6 is 0 Å². The Labute approximate surface area is 103 Å². The van der Waals surface area contributed by atoms with Gasteiger partial charge in [-0.05, 0) is 12.1 Å². The van der Waals surface area contributed by atoms with E-state index in [9.17, 15) is 0 Å². The van der Waals surface area contributed by atoms with Crippen LogP contribution in [0.4, 0.5) is 0 Å². The molecule has 0 saturated heterocycles. The molecule has 2 heterocycles. The van der Waals surface area contributed by atoms with Crippen molar-refractivity contribution in [3.63, 3.8) is 0 Å². The zero-order valence-electron chi connectivity index (χ0n) is 9.58. The first-order chi connectivity index (χ1) is 8.92. The van der Waals surface area contributed by atoms with Gasteiger partial charge in [-0.3, -0.25) is 4.40 Å². The molecule has 0 amide bonds. The van der Waals surface area contributed by atoms with E-state index in [2.05, 4.69) is 4.98 Å². The normalized spacial score (nSPS) is 11.3. The summed E-state index contributed by atoms with van der Waals surface area (Å²) in [7, 11) is 0. The Morgan fingerprint density at radius 3 is 2.56 bits per heavy atom. The van der Waals surface area contributed by atoms with Crippen LogP contribution < -0.4 is 0 Å². The molecule has 0 spiro atoms. The first kappa shape index (κ1) is 9.48. The van der Waals surface area contributed by atoms with Crippen molar-refractivity contribution in [2.75, 3.05) is 0 Å². The average Bonchev–Trinajstić information content (AvgIpc) is 2.97. The van der Waals surface area contributed by atoms with Crippen molar-refractivity contribution in [2.24, 2.45) is 0 Å². The number of nitrogens with zero attached hydrogens (tertiary/aromatic N) is 2. The van der Waals surface area contributed by atoms with Gasteiger partial charge in [0.15, 0.2) is 5.58 Å². The molecule has 3 nitrogen and oxygen atoms in total. The van der Waals surface area contributed by atoms with Crippen LogP contribution in [-0.4, -0.2) is 9.38 Å². The van der Waals surface area contributed by atoms with Gasteiger partial charge < -0.3 is 4.42 Å². The van der Waals surface area contributed by atoms with Crippen LogP contribution in [0.25, 0.3) is 28.2 Å². The minimum atomic E-state index is 0.634. The number of oxazole rings is 1. The number of hydrogen-bond donors (Lipinski definition) is 0. The van der Waals surface area contributed by atoms with Crippen molar-refractivity contribution in [2.45, 2.75) is 0 Å². The molecular formula is C15H10N2O. The van der Waals surface area contributed by atoms with Crippen LogP contribution in [0.3, 0.4) is 0 Å². The van der Waals surface area contributed by atoms with E-state index in [1.807, 2.05) is 65.2 Å². The molecule has 0 fully saturated rings. The Hall–Kier alpha value is -2.55. The molecule has 0 unspecified atom stereocenters. The largest absolute Gasteiger partial charge is 0.423 e. The van der Waals surface area contributed by atoms with Gasteiger partial charge in [0.2, 0.25) is 0 Å². The van der Waals surface area contributed by atoms with Crippen LogP contribution in [0.5, 0.6) is 0 Å². The predicted octanol–water partition coefficient (Wildman–Crippen LogP) is 3.75. The highest BCUT2D eigenvalue weighted by Gasteiger charge is 2.10. The molecule has 3 heteroatoms. The van der Waals surface area contributed by atoms with E-state index in [4.69, 9.17) is 4.42 Å². The first-order valence-electron chi connectivity index (χ1n) is 5.84. The lowest BCUT2D eigenvalue weighted by Crippen LogP contribution is -1.76. The molecule has 4 aromatic rings. The quantitative estimate of drug-likeness (QED) is 0.502. The molecule has 0 aliphatic rings. The molecule has 18 heavy (non-hydrogen) atoms. The molecule has 0 aliphatic heterocycles. The highest BCUT2D eigenvalue weighted by atomic mass is 16.4. The van der Waals surface area contributed by atoms with Crippen LogP contribution in [0, 0.1) is 0 Å². The highest BCUT2D eigenvalue weighted by Crippen LogP contribution is 2.24. The van der Waals surface area contributed by atoms with Crippen LogP contribution in [0.15, 0.2) is 65.2 Å². The molecular weight excluding hydrogens is 224 g/mol. The Bertz CT molecular complexity index is 827. The lowest BCUT2D eigenvalue weighted by atomic mass is 10.2. The Kier molecular flexibility index (Phi) is 1.83. The summed E-state index contributed by atoms with van der Waals surface area (Å²) in [6.45, 7) is 0. The van der Waals surface area contributed by atoms with E-state index >= 15 is 0 Å². The molecule has 86 valence electrons. The minimum absolute atomic E-state index is 0.634. The van der Waals surface area contributed by atoms with Gasteiger partial charge in [0.1, 0.15) is 0 Å². The Morgan fingerprint density at radius 2 is 1.67 bits per heavy atom. The lowest BCUT2D eigenvalue weighted by Gasteiger charge is -1.93. The van der Waals surface area contributed by atoms with Crippen molar-refractivity contribution in [1.82, 2.24) is 9.38 Å². The zero-order valence-corrected chi connectivity index (χ0v) is 9.58.